The molecule has 1 aliphatic rings. The monoisotopic (exact) mass is 295 g/mol. The number of carboxylic acid groups (broad SMARTS) is 1. The number of hydrogen-bond donors (Lipinski definition) is 2. The minimum Gasteiger partial charge on any atom is -0.497 e. The van der Waals surface area contributed by atoms with Gasteiger partial charge in [-0.25, -0.2) is 4.39 Å². The van der Waals surface area contributed by atoms with Crippen LogP contribution in [0.25, 0.3) is 0 Å². The molecule has 2 unspecified atom stereocenters. The van der Waals surface area contributed by atoms with Gasteiger partial charge >= 0.3 is 5.97 Å². The number of anilines is 1. The molecule has 0 aliphatic heterocycles. The molecule has 2 atom stereocenters. The van der Waals surface area contributed by atoms with Gasteiger partial charge in [0, 0.05) is 6.07 Å². The fourth-order valence-corrected chi connectivity index (χ4v) is 2.69. The lowest BCUT2D eigenvalue weighted by Crippen LogP contribution is -2.36. The second-order valence-electron chi connectivity index (χ2n) is 5.17. The molecule has 1 saturated carbocycles. The quantitative estimate of drug-likeness (QED) is 0.895. The summed E-state index contributed by atoms with van der Waals surface area (Å²) in [7, 11) is 1.44. The first-order valence-corrected chi connectivity index (χ1v) is 6.90. The van der Waals surface area contributed by atoms with Crippen LogP contribution in [0.5, 0.6) is 5.75 Å². The number of halogens is 1. The predicted molar refractivity (Wildman–Crippen MR) is 74.7 cm³/mol. The Morgan fingerprint density at radius 3 is 2.57 bits per heavy atom. The van der Waals surface area contributed by atoms with Gasteiger partial charge in [0.2, 0.25) is 5.91 Å². The molecule has 2 N–H and O–H groups in total. The number of amides is 1. The minimum absolute atomic E-state index is 0.00839. The molecular formula is C15H18FNO4. The summed E-state index contributed by atoms with van der Waals surface area (Å²) < 4.78 is 18.7. The summed E-state index contributed by atoms with van der Waals surface area (Å²) in [5.74, 6) is -2.90. The fourth-order valence-electron chi connectivity index (χ4n) is 2.69. The third-order valence-corrected chi connectivity index (χ3v) is 3.85. The lowest BCUT2D eigenvalue weighted by atomic mass is 9.78. The Labute approximate surface area is 122 Å². The van der Waals surface area contributed by atoms with Gasteiger partial charge in [0.25, 0.3) is 0 Å². The molecule has 114 valence electrons. The fraction of sp³-hybridized carbons (Fsp3) is 0.467. The van der Waals surface area contributed by atoms with Gasteiger partial charge < -0.3 is 15.2 Å². The van der Waals surface area contributed by atoms with Crippen LogP contribution >= 0.6 is 0 Å². The zero-order valence-electron chi connectivity index (χ0n) is 11.8. The van der Waals surface area contributed by atoms with E-state index in [4.69, 9.17) is 4.74 Å². The van der Waals surface area contributed by atoms with Crippen LogP contribution in [0, 0.1) is 17.7 Å². The molecule has 0 bridgehead atoms. The van der Waals surface area contributed by atoms with Crippen molar-refractivity contribution >= 4 is 17.6 Å². The van der Waals surface area contributed by atoms with E-state index in [2.05, 4.69) is 5.32 Å². The lowest BCUT2D eigenvalue weighted by Gasteiger charge is -2.27. The van der Waals surface area contributed by atoms with Gasteiger partial charge in [-0.1, -0.05) is 12.8 Å². The molecular weight excluding hydrogens is 277 g/mol. The zero-order chi connectivity index (χ0) is 15.4. The summed E-state index contributed by atoms with van der Waals surface area (Å²) in [4.78, 5) is 23.5. The summed E-state index contributed by atoms with van der Waals surface area (Å²) in [6, 6.07) is 4.03. The highest BCUT2D eigenvalue weighted by Crippen LogP contribution is 2.32. The molecule has 1 aliphatic carbocycles. The van der Waals surface area contributed by atoms with E-state index in [0.717, 1.165) is 12.8 Å². The Kier molecular flexibility index (Phi) is 4.77. The van der Waals surface area contributed by atoms with Crippen molar-refractivity contribution in [2.75, 3.05) is 12.4 Å². The van der Waals surface area contributed by atoms with Gasteiger partial charge in [0.1, 0.15) is 11.6 Å². The van der Waals surface area contributed by atoms with Crippen LogP contribution in [0.2, 0.25) is 0 Å². The molecule has 1 aromatic rings. The Hall–Kier alpha value is -2.11. The van der Waals surface area contributed by atoms with Crippen LogP contribution in [-0.2, 0) is 9.59 Å². The molecule has 5 nitrogen and oxygen atoms in total. The van der Waals surface area contributed by atoms with Crippen molar-refractivity contribution in [2.24, 2.45) is 11.8 Å². The van der Waals surface area contributed by atoms with Crippen molar-refractivity contribution in [3.8, 4) is 5.75 Å². The number of nitrogens with one attached hydrogen (secondary N) is 1. The van der Waals surface area contributed by atoms with E-state index in [9.17, 15) is 19.1 Å². The van der Waals surface area contributed by atoms with Gasteiger partial charge in [-0.2, -0.15) is 0 Å². The summed E-state index contributed by atoms with van der Waals surface area (Å²) >= 11 is 0. The maximum absolute atomic E-state index is 13.7. The maximum Gasteiger partial charge on any atom is 0.307 e. The Bertz CT molecular complexity index is 546. The molecule has 0 aromatic heterocycles. The molecule has 1 fully saturated rings. The normalized spacial score (nSPS) is 21.6. The maximum atomic E-state index is 13.7. The van der Waals surface area contributed by atoms with Gasteiger partial charge in [0.15, 0.2) is 0 Å². The molecule has 21 heavy (non-hydrogen) atoms. The highest BCUT2D eigenvalue weighted by Gasteiger charge is 2.35. The van der Waals surface area contributed by atoms with E-state index in [1.165, 1.54) is 25.3 Å². The Balaban J connectivity index is 2.14. The van der Waals surface area contributed by atoms with Crippen molar-refractivity contribution in [1.29, 1.82) is 0 Å². The van der Waals surface area contributed by atoms with Gasteiger partial charge in [-0.05, 0) is 25.0 Å². The van der Waals surface area contributed by atoms with Crippen LogP contribution in [0.15, 0.2) is 18.2 Å². The molecule has 0 radical (unpaired) electrons. The highest BCUT2D eigenvalue weighted by molar-refractivity contribution is 5.95. The summed E-state index contributed by atoms with van der Waals surface area (Å²) in [5, 5.41) is 11.7. The summed E-state index contributed by atoms with van der Waals surface area (Å²) in [5.41, 5.74) is 0.00839. The zero-order valence-corrected chi connectivity index (χ0v) is 11.8. The third kappa shape index (κ3) is 3.51. The molecule has 6 heteroatoms. The number of rotatable bonds is 4. The number of ether oxygens (including phenoxy) is 1. The van der Waals surface area contributed by atoms with Crippen molar-refractivity contribution in [2.45, 2.75) is 25.7 Å². The number of aliphatic carboxylic acids is 1. The molecule has 0 saturated heterocycles. The second kappa shape index (κ2) is 6.56. The number of hydrogen-bond acceptors (Lipinski definition) is 3. The van der Waals surface area contributed by atoms with Gasteiger partial charge in [-0.15, -0.1) is 0 Å². The third-order valence-electron chi connectivity index (χ3n) is 3.85. The van der Waals surface area contributed by atoms with E-state index in [-0.39, 0.29) is 5.69 Å². The number of carbonyl (C=O) groups excluding carboxylic acids is 1. The van der Waals surface area contributed by atoms with E-state index in [1.54, 1.807) is 0 Å². The Morgan fingerprint density at radius 1 is 1.29 bits per heavy atom. The second-order valence-corrected chi connectivity index (χ2v) is 5.17. The van der Waals surface area contributed by atoms with Gasteiger partial charge in [-0.3, -0.25) is 9.59 Å². The van der Waals surface area contributed by atoms with Gasteiger partial charge in [0.05, 0.1) is 24.6 Å². The predicted octanol–water partition coefficient (Wildman–Crippen LogP) is 2.66. The first kappa shape index (κ1) is 15.3. The van der Waals surface area contributed by atoms with Crippen LogP contribution in [0.4, 0.5) is 10.1 Å². The largest absolute Gasteiger partial charge is 0.497 e. The van der Waals surface area contributed by atoms with Crippen molar-refractivity contribution < 1.29 is 23.8 Å². The first-order chi connectivity index (χ1) is 10.0. The lowest BCUT2D eigenvalue weighted by molar-refractivity contribution is -0.147. The van der Waals surface area contributed by atoms with Crippen molar-refractivity contribution in [1.82, 2.24) is 0 Å². The van der Waals surface area contributed by atoms with E-state index >= 15 is 0 Å². The number of methoxy groups -OCH3 is 1. The molecule has 1 aromatic carbocycles. The summed E-state index contributed by atoms with van der Waals surface area (Å²) in [6.07, 6.45) is 2.60. The van der Waals surface area contributed by atoms with Crippen molar-refractivity contribution in [3.63, 3.8) is 0 Å². The summed E-state index contributed by atoms with van der Waals surface area (Å²) in [6.45, 7) is 0. The first-order valence-electron chi connectivity index (χ1n) is 6.90. The highest BCUT2D eigenvalue weighted by atomic mass is 19.1. The number of benzene rings is 1. The molecule has 0 heterocycles. The van der Waals surface area contributed by atoms with E-state index in [1.807, 2.05) is 0 Å². The average Bonchev–Trinajstić information content (AvgIpc) is 2.49. The van der Waals surface area contributed by atoms with Crippen LogP contribution in [0.1, 0.15) is 25.7 Å². The van der Waals surface area contributed by atoms with Crippen LogP contribution in [-0.4, -0.2) is 24.1 Å². The molecule has 2 rings (SSSR count). The van der Waals surface area contributed by atoms with E-state index in [0.29, 0.717) is 18.6 Å². The standard InChI is InChI=1S/C15H18FNO4/c1-21-9-6-7-12(16)13(8-9)17-14(18)10-4-2-3-5-11(10)15(19)20/h6-8,10-11H,2-5H2,1H3,(H,17,18)(H,19,20). The topological polar surface area (TPSA) is 75.6 Å². The Morgan fingerprint density at radius 2 is 1.95 bits per heavy atom. The average molecular weight is 295 g/mol. The van der Waals surface area contributed by atoms with E-state index < -0.39 is 29.5 Å². The smallest absolute Gasteiger partial charge is 0.307 e. The number of carbonyl (C=O) groups is 2. The van der Waals surface area contributed by atoms with Crippen LogP contribution < -0.4 is 10.1 Å². The molecule has 0 spiro atoms. The SMILES string of the molecule is COc1ccc(F)c(NC(=O)C2CCCCC2C(=O)O)c1. The van der Waals surface area contributed by atoms with Crippen LogP contribution in [0.3, 0.4) is 0 Å². The molecule has 1 amide bonds. The number of carboxylic acids is 1. The minimum atomic E-state index is -0.971. The van der Waals surface area contributed by atoms with Crippen molar-refractivity contribution in [3.05, 3.63) is 24.0 Å².